The number of aryl methyl sites for hydroxylation is 2. The number of fused-ring (bicyclic) bond motifs is 6. The molecule has 0 saturated carbocycles. The summed E-state index contributed by atoms with van der Waals surface area (Å²) in [4.78, 5) is 25.9. The maximum Gasteiger partial charge on any atom is 3.00 e. The molecule has 526 valence electrons. The van der Waals surface area contributed by atoms with Crippen molar-refractivity contribution < 1.29 is 85.4 Å². The third-order valence-electron chi connectivity index (χ3n) is 14.6. The fourth-order valence-electron chi connectivity index (χ4n) is 9.80. The van der Waals surface area contributed by atoms with E-state index in [-0.39, 0.29) is 40.2 Å². The number of hydrogen-bond acceptors (Lipinski definition) is 13. The van der Waals surface area contributed by atoms with E-state index in [1.807, 2.05) is 237 Å². The van der Waals surface area contributed by atoms with Crippen LogP contribution in [0.15, 0.2) is 319 Å². The number of nitrogens with zero attached hydrogens (tertiary/aromatic N) is 6. The summed E-state index contributed by atoms with van der Waals surface area (Å²) in [6.45, 7) is 4.30. The summed E-state index contributed by atoms with van der Waals surface area (Å²) in [6.07, 6.45) is 12.9. The molecule has 0 saturated heterocycles. The predicted octanol–water partition coefficient (Wildman–Crippen LogP) is 19.7. The van der Waals surface area contributed by atoms with Crippen LogP contribution in [-0.2, 0) is 63.2 Å². The molecule has 8 aromatic carbocycles. The van der Waals surface area contributed by atoms with Gasteiger partial charge in [0.1, 0.15) is 16.7 Å². The maximum absolute atomic E-state index is 10.7. The summed E-state index contributed by atoms with van der Waals surface area (Å²) < 4.78 is 71.0. The smallest absolute Gasteiger partial charge is 0.741 e. The maximum atomic E-state index is 10.7. The molecule has 0 radical (unpaired) electrons. The van der Waals surface area contributed by atoms with Crippen molar-refractivity contribution in [3.8, 4) is 67.5 Å². The molecule has 0 fully saturated rings. The van der Waals surface area contributed by atoms with Crippen LogP contribution in [0.3, 0.4) is 0 Å². The standard InChI is InChI=1S/C19H15NO.C19H14NO.4C11H8N.CHF3O3S.2CH4O.2Ir/c2*1-2-13-10-11-20-17(12-13)16-8-5-7-15-14-6-3-4-9-18(14)21-19(15)16;4*1-2-6-10(7-3-1)11-8-4-5-9-12-11;2-1(3,4)8(5,6)7;2*1-2;;/h3-12H,2H2,1H3;3-7,9-12H,2H2,1H3;4*1-6,8-9H;(H,5,6,7);2*2H,1H3;;/q;5*-1;;;;2*+3/p-1. The summed E-state index contributed by atoms with van der Waals surface area (Å²) in [5, 5.41) is 18.5. The Balaban J connectivity index is 0.000000192. The predicted molar refractivity (Wildman–Crippen MR) is 398 cm³/mol. The number of aromatic nitrogens is 6. The Kier molecular flexibility index (Phi) is 34.1. The number of hydrogen-bond donors (Lipinski definition) is 2. The Labute approximate surface area is 630 Å². The third kappa shape index (κ3) is 23.9. The minimum Gasteiger partial charge on any atom is -0.741 e. The third-order valence-corrected chi connectivity index (χ3v) is 15.2. The van der Waals surface area contributed by atoms with E-state index in [0.29, 0.717) is 0 Å². The van der Waals surface area contributed by atoms with E-state index in [4.69, 9.17) is 32.0 Å². The van der Waals surface area contributed by atoms with Crippen molar-refractivity contribution in [2.45, 2.75) is 32.2 Å². The van der Waals surface area contributed by atoms with E-state index in [1.54, 1.807) is 24.8 Å². The van der Waals surface area contributed by atoms with Gasteiger partial charge in [-0.05, 0) is 108 Å². The monoisotopic (exact) mass is 1760 g/mol. The summed E-state index contributed by atoms with van der Waals surface area (Å²) >= 11 is 0. The zero-order valence-electron chi connectivity index (χ0n) is 56.7. The second kappa shape index (κ2) is 43.2. The molecule has 19 heteroatoms. The van der Waals surface area contributed by atoms with E-state index in [1.165, 1.54) is 11.1 Å². The van der Waals surface area contributed by atoms with Crippen molar-refractivity contribution in [1.29, 1.82) is 0 Å². The Morgan fingerprint density at radius 3 is 1.05 bits per heavy atom. The average Bonchev–Trinajstić information content (AvgIpc) is 1.63. The van der Waals surface area contributed by atoms with Gasteiger partial charge in [0.25, 0.3) is 0 Å². The summed E-state index contributed by atoms with van der Waals surface area (Å²) in [7, 11) is -4.09. The summed E-state index contributed by atoms with van der Waals surface area (Å²) in [5.41, 5.74) is 12.4. The van der Waals surface area contributed by atoms with E-state index >= 15 is 0 Å². The molecule has 8 aromatic heterocycles. The molecule has 16 rings (SSSR count). The number of aliphatic hydroxyl groups excluding tert-OH is 2. The Morgan fingerprint density at radius 1 is 0.365 bits per heavy atom. The van der Waals surface area contributed by atoms with Crippen molar-refractivity contribution in [1.82, 2.24) is 29.9 Å². The molecule has 104 heavy (non-hydrogen) atoms. The van der Waals surface area contributed by atoms with Gasteiger partial charge in [0.2, 0.25) is 0 Å². The van der Waals surface area contributed by atoms with Crippen LogP contribution in [0.25, 0.3) is 111 Å². The molecule has 0 atom stereocenters. The van der Waals surface area contributed by atoms with Crippen molar-refractivity contribution in [3.05, 3.63) is 352 Å². The van der Waals surface area contributed by atoms with Gasteiger partial charge in [-0.2, -0.15) is 13.2 Å². The molecule has 16 aromatic rings. The van der Waals surface area contributed by atoms with Gasteiger partial charge in [-0.15, -0.1) is 162 Å². The van der Waals surface area contributed by atoms with Gasteiger partial charge in [0, 0.05) is 73.1 Å². The van der Waals surface area contributed by atoms with Crippen LogP contribution in [0.1, 0.15) is 25.0 Å². The average molecular weight is 1760 g/mol. The van der Waals surface area contributed by atoms with Gasteiger partial charge in [0.15, 0.2) is 10.1 Å². The van der Waals surface area contributed by atoms with Crippen LogP contribution in [0.4, 0.5) is 13.2 Å². The normalized spacial score (nSPS) is 10.2. The van der Waals surface area contributed by atoms with Crippen LogP contribution in [-0.4, -0.2) is 72.8 Å². The molecule has 0 aliphatic carbocycles. The Bertz CT molecular complexity index is 4600. The second-order valence-electron chi connectivity index (χ2n) is 21.1. The summed E-state index contributed by atoms with van der Waals surface area (Å²) in [6, 6.07) is 105. The van der Waals surface area contributed by atoms with E-state index in [0.717, 1.165) is 138 Å². The molecular formula is C85H69F3Ir2N6O7S. The van der Waals surface area contributed by atoms with Crippen molar-refractivity contribution in [3.63, 3.8) is 0 Å². The topological polar surface area (TPSA) is 201 Å². The second-order valence-corrected chi connectivity index (χ2v) is 22.5. The summed E-state index contributed by atoms with van der Waals surface area (Å²) in [5.74, 6) is 0. The van der Waals surface area contributed by atoms with Crippen molar-refractivity contribution >= 4 is 54.0 Å². The van der Waals surface area contributed by atoms with Gasteiger partial charge in [-0.1, -0.05) is 133 Å². The van der Waals surface area contributed by atoms with Crippen LogP contribution in [0.5, 0.6) is 0 Å². The minimum atomic E-state index is -6.09. The van der Waals surface area contributed by atoms with Crippen molar-refractivity contribution in [2.75, 3.05) is 14.2 Å². The molecule has 0 amide bonds. The quantitative estimate of drug-likeness (QED) is 0.0827. The molecule has 0 spiro atoms. The molecule has 2 N–H and O–H groups in total. The Morgan fingerprint density at radius 2 is 0.692 bits per heavy atom. The number of para-hydroxylation sites is 3. The fraction of sp³-hybridized carbons (Fsp3) is 0.0824. The molecule has 13 nitrogen and oxygen atoms in total. The van der Waals surface area contributed by atoms with E-state index in [9.17, 15) is 13.2 Å². The zero-order valence-corrected chi connectivity index (χ0v) is 62.3. The van der Waals surface area contributed by atoms with E-state index < -0.39 is 15.6 Å². The number of halogens is 3. The van der Waals surface area contributed by atoms with Gasteiger partial charge in [-0.3, -0.25) is 4.98 Å². The number of furan rings is 2. The zero-order chi connectivity index (χ0) is 72.4. The fourth-order valence-corrected chi connectivity index (χ4v) is 9.80. The molecule has 0 aliphatic heterocycles. The molecule has 0 bridgehead atoms. The number of aliphatic hydroxyl groups is 2. The molecular weight excluding hydrogens is 1690 g/mol. The first-order valence-electron chi connectivity index (χ1n) is 31.9. The molecule has 0 unspecified atom stereocenters. The van der Waals surface area contributed by atoms with Crippen LogP contribution < -0.4 is 0 Å². The van der Waals surface area contributed by atoms with Crippen LogP contribution in [0.2, 0.25) is 0 Å². The van der Waals surface area contributed by atoms with Crippen LogP contribution >= 0.6 is 0 Å². The molecule has 0 aliphatic rings. The van der Waals surface area contributed by atoms with Crippen LogP contribution in [0, 0.1) is 30.3 Å². The van der Waals surface area contributed by atoms with Gasteiger partial charge in [-0.25, -0.2) is 8.42 Å². The van der Waals surface area contributed by atoms with Gasteiger partial charge in [0.05, 0.1) is 11.3 Å². The Hall–Kier alpha value is -10.8. The minimum absolute atomic E-state index is 0. The number of alkyl halides is 3. The van der Waals surface area contributed by atoms with E-state index in [2.05, 4.69) is 123 Å². The van der Waals surface area contributed by atoms with Gasteiger partial charge < -0.3 is 48.5 Å². The number of rotatable bonds is 8. The molecule has 8 heterocycles. The first-order chi connectivity index (χ1) is 49.8. The SMILES string of the molecule is CCc1ccnc(-c2[c-]ccc3c2oc2ccccc23)c1.CCc1ccnc(-c2cccc3c2oc2ccccc23)c1.CO.CO.O=S(=O)([O-])C(F)(F)F.[Ir+3].[Ir+3].[c-]1ccccc1-c1ccccn1.[c-]1ccccc1-c1ccccn1.[c-]1ccccc1-c1ccccn1.[c-]1ccccc1-c1ccccn1. The largest absolute Gasteiger partial charge is 3.00 e. The number of benzene rings is 8. The first-order valence-corrected chi connectivity index (χ1v) is 33.3. The number of pyridine rings is 6. The van der Waals surface area contributed by atoms with Crippen molar-refractivity contribution in [2.24, 2.45) is 0 Å². The van der Waals surface area contributed by atoms with Gasteiger partial charge >= 0.3 is 45.7 Å². The first kappa shape index (κ1) is 82.1.